The number of phenols is 1. The number of allylic oxidation sites excluding steroid dienone is 2. The van der Waals surface area contributed by atoms with Crippen molar-refractivity contribution in [2.45, 2.75) is 54.8 Å². The minimum absolute atomic E-state index is 0.0292. The van der Waals surface area contributed by atoms with Gasteiger partial charge in [-0.2, -0.15) is 0 Å². The third kappa shape index (κ3) is 4.14. The van der Waals surface area contributed by atoms with Crippen molar-refractivity contribution in [2.24, 2.45) is 17.8 Å². The van der Waals surface area contributed by atoms with Crippen molar-refractivity contribution in [1.29, 1.82) is 0 Å². The van der Waals surface area contributed by atoms with Gasteiger partial charge in [0.15, 0.2) is 33.0 Å². The molecule has 0 bridgehead atoms. The molecule has 3 fully saturated rings. The number of aromatic hydroxyl groups is 1. The quantitative estimate of drug-likeness (QED) is 0.112. The smallest absolute Gasteiger partial charge is 0.258 e. The Morgan fingerprint density at radius 3 is 1.85 bits per heavy atom. The minimum atomic E-state index is -2.78. The summed E-state index contributed by atoms with van der Waals surface area (Å²) in [7, 11) is 2.39. The average Bonchev–Trinajstić information content (AvgIpc) is 3.37. The summed E-state index contributed by atoms with van der Waals surface area (Å²) in [5.74, 6) is -22.2. The van der Waals surface area contributed by atoms with E-state index in [9.17, 15) is 37.5 Å². The van der Waals surface area contributed by atoms with E-state index in [2.05, 4.69) is 0 Å². The molecule has 48 heavy (non-hydrogen) atoms. The zero-order chi connectivity index (χ0) is 35.6. The van der Waals surface area contributed by atoms with Crippen molar-refractivity contribution >= 4 is 52.5 Å². The number of phenolic OH excluding ortho intramolecular Hbond substituents is 1. The van der Waals surface area contributed by atoms with E-state index in [1.807, 2.05) is 0 Å². The molecule has 0 spiro atoms. The van der Waals surface area contributed by atoms with Crippen molar-refractivity contribution in [3.8, 4) is 17.2 Å². The highest BCUT2D eigenvalue weighted by molar-refractivity contribution is 6.58. The summed E-state index contributed by atoms with van der Waals surface area (Å²) < 4.78 is 84.4. The summed E-state index contributed by atoms with van der Waals surface area (Å²) in [5.41, 5.74) is -2.72. The van der Waals surface area contributed by atoms with Gasteiger partial charge in [0.1, 0.15) is 22.9 Å². The third-order valence-electron chi connectivity index (χ3n) is 9.71. The number of hydrogen-bond acceptors (Lipinski definition) is 7. The van der Waals surface area contributed by atoms with Crippen molar-refractivity contribution in [1.82, 2.24) is 4.90 Å². The third-order valence-corrected chi connectivity index (χ3v) is 11.1. The maximum absolute atomic E-state index is 15.2. The SMILES string of the molecule is COc1cc(O)cc(OC)c1[C@H]1C2=CC[C@@H]3C(=O)N(C(C)(C)C)C(=O)[C@@H]3[C@@H]2C[C@@]2(Cl)C(=O)N(c3c(F)c(F)c(F)c(F)c3F)C(=O)[C@@]12Cl. The largest absolute Gasteiger partial charge is 0.508 e. The molecule has 2 heterocycles. The van der Waals surface area contributed by atoms with Crippen LogP contribution in [0.4, 0.5) is 27.6 Å². The highest BCUT2D eigenvalue weighted by Gasteiger charge is 2.77. The number of halogens is 7. The van der Waals surface area contributed by atoms with E-state index in [1.165, 1.54) is 14.2 Å². The first kappa shape index (κ1) is 34.0. The predicted octanol–water partition coefficient (Wildman–Crippen LogP) is 5.47. The molecule has 1 saturated carbocycles. The van der Waals surface area contributed by atoms with Gasteiger partial charge in [0, 0.05) is 29.2 Å². The molecule has 0 unspecified atom stereocenters. The zero-order valence-electron chi connectivity index (χ0n) is 25.9. The molecule has 16 heteroatoms. The maximum atomic E-state index is 15.2. The van der Waals surface area contributed by atoms with Gasteiger partial charge >= 0.3 is 0 Å². The summed E-state index contributed by atoms with van der Waals surface area (Å²) in [5, 5.41) is 10.4. The van der Waals surface area contributed by atoms with Crippen molar-refractivity contribution < 1.29 is 55.7 Å². The molecule has 6 rings (SSSR count). The summed E-state index contributed by atoms with van der Waals surface area (Å²) in [4.78, 5) is 51.7. The van der Waals surface area contributed by atoms with E-state index in [-0.39, 0.29) is 39.7 Å². The van der Waals surface area contributed by atoms with Crippen molar-refractivity contribution in [2.75, 3.05) is 19.1 Å². The van der Waals surface area contributed by atoms with E-state index in [1.54, 1.807) is 26.8 Å². The van der Waals surface area contributed by atoms with E-state index >= 15 is 8.78 Å². The number of fused-ring (bicyclic) bond motifs is 4. The van der Waals surface area contributed by atoms with E-state index < -0.39 is 104 Å². The number of ether oxygens (including phenoxy) is 2. The molecular formula is C32H27Cl2F5N2O7. The fourth-order valence-corrected chi connectivity index (χ4v) is 8.67. The number of carbonyl (C=O) groups is 4. The summed E-state index contributed by atoms with van der Waals surface area (Å²) in [6.45, 7) is 4.95. The first-order chi connectivity index (χ1) is 22.3. The van der Waals surface area contributed by atoms with Crippen molar-refractivity contribution in [3.05, 3.63) is 58.4 Å². The van der Waals surface area contributed by atoms with Crippen LogP contribution < -0.4 is 14.4 Å². The number of rotatable bonds is 4. The number of carbonyl (C=O) groups excluding carboxylic acids is 4. The van der Waals surface area contributed by atoms with Gasteiger partial charge in [-0.1, -0.05) is 11.6 Å². The zero-order valence-corrected chi connectivity index (χ0v) is 27.4. The Bertz CT molecular complexity index is 1830. The van der Waals surface area contributed by atoms with Gasteiger partial charge in [-0.05, 0) is 39.5 Å². The molecule has 0 aromatic heterocycles. The number of amides is 4. The topological polar surface area (TPSA) is 113 Å². The fraction of sp³-hybridized carbons (Fsp3) is 0.438. The average molecular weight is 717 g/mol. The van der Waals surface area contributed by atoms with Gasteiger partial charge in [0.25, 0.3) is 11.8 Å². The Labute approximate surface area is 280 Å². The number of likely N-dealkylation sites (tertiary alicyclic amines) is 1. The van der Waals surface area contributed by atoms with E-state index in [0.29, 0.717) is 0 Å². The molecular weight excluding hydrogens is 690 g/mol. The molecule has 2 aliphatic heterocycles. The lowest BCUT2D eigenvalue weighted by Gasteiger charge is -2.51. The lowest BCUT2D eigenvalue weighted by Crippen LogP contribution is -2.60. The lowest BCUT2D eigenvalue weighted by atomic mass is 9.56. The lowest BCUT2D eigenvalue weighted by molar-refractivity contribution is -0.145. The van der Waals surface area contributed by atoms with Gasteiger partial charge in [0.05, 0.1) is 26.1 Å². The highest BCUT2D eigenvalue weighted by atomic mass is 35.5. The van der Waals surface area contributed by atoms with Gasteiger partial charge in [-0.15, -0.1) is 23.2 Å². The Morgan fingerprint density at radius 2 is 1.35 bits per heavy atom. The van der Waals surface area contributed by atoms with Crippen LogP contribution in [0.2, 0.25) is 0 Å². The Kier molecular flexibility index (Phi) is 7.64. The van der Waals surface area contributed by atoms with Crippen LogP contribution in [0.3, 0.4) is 0 Å². The monoisotopic (exact) mass is 716 g/mol. The minimum Gasteiger partial charge on any atom is -0.508 e. The van der Waals surface area contributed by atoms with Crippen LogP contribution in [0.1, 0.15) is 45.1 Å². The highest BCUT2D eigenvalue weighted by Crippen LogP contribution is 2.68. The van der Waals surface area contributed by atoms with Gasteiger partial charge < -0.3 is 14.6 Å². The number of methoxy groups -OCH3 is 2. The van der Waals surface area contributed by atoms with Crippen LogP contribution in [0.15, 0.2) is 23.8 Å². The van der Waals surface area contributed by atoms with Crippen LogP contribution >= 0.6 is 23.2 Å². The van der Waals surface area contributed by atoms with E-state index in [0.717, 1.165) is 17.0 Å². The number of anilines is 1. The second-order valence-corrected chi connectivity index (χ2v) is 14.4. The maximum Gasteiger partial charge on any atom is 0.258 e. The second-order valence-electron chi connectivity index (χ2n) is 13.1. The van der Waals surface area contributed by atoms with Crippen LogP contribution in [0, 0.1) is 46.8 Å². The molecule has 6 atom stereocenters. The molecule has 2 saturated heterocycles. The Morgan fingerprint density at radius 1 is 0.833 bits per heavy atom. The van der Waals surface area contributed by atoms with Crippen LogP contribution in [0.5, 0.6) is 17.2 Å². The first-order valence-corrected chi connectivity index (χ1v) is 15.4. The van der Waals surface area contributed by atoms with Crippen LogP contribution in [-0.4, -0.2) is 63.1 Å². The molecule has 256 valence electrons. The number of nitrogens with zero attached hydrogens (tertiary/aromatic N) is 2. The Balaban J connectivity index is 1.66. The molecule has 2 aromatic carbocycles. The van der Waals surface area contributed by atoms with Gasteiger partial charge in [-0.25, -0.2) is 26.9 Å². The number of benzene rings is 2. The molecule has 4 amide bonds. The fourth-order valence-electron chi connectivity index (χ4n) is 7.75. The van der Waals surface area contributed by atoms with Gasteiger partial charge in [0.2, 0.25) is 17.6 Å². The Hall–Kier alpha value is -3.91. The normalized spacial score (nSPS) is 30.0. The first-order valence-electron chi connectivity index (χ1n) is 14.6. The molecule has 1 N–H and O–H groups in total. The number of hydrogen-bond donors (Lipinski definition) is 1. The van der Waals surface area contributed by atoms with Gasteiger partial charge in [-0.3, -0.25) is 24.1 Å². The molecule has 9 nitrogen and oxygen atoms in total. The van der Waals surface area contributed by atoms with Crippen LogP contribution in [-0.2, 0) is 19.2 Å². The number of imide groups is 2. The number of alkyl halides is 2. The molecule has 2 aromatic rings. The summed E-state index contributed by atoms with van der Waals surface area (Å²) >= 11 is 14.3. The van der Waals surface area contributed by atoms with Crippen LogP contribution in [0.25, 0.3) is 0 Å². The molecule has 2 aliphatic carbocycles. The predicted molar refractivity (Wildman–Crippen MR) is 159 cm³/mol. The molecule has 0 radical (unpaired) electrons. The second kappa shape index (κ2) is 10.8. The van der Waals surface area contributed by atoms with Crippen molar-refractivity contribution in [3.63, 3.8) is 0 Å². The summed E-state index contributed by atoms with van der Waals surface area (Å²) in [6.07, 6.45) is 0.870. The molecule has 4 aliphatic rings. The standard InChI is InChI=1S/C32H27Cl2F5N2O7/c1-30(2,3)41-26(43)13-7-6-12-14(17(13)27(41)44)10-31(33)28(45)40(25-23(38)21(36)20(35)22(37)24(25)39)29(46)32(31,34)19(12)18-15(47-4)8-11(42)9-16(18)48-5/h6,8-9,13-14,17,19,42H,7,10H2,1-5H3/t13-,14+,17-,19+,31+,32-/m0/s1. The van der Waals surface area contributed by atoms with E-state index in [4.69, 9.17) is 32.7 Å². The summed E-state index contributed by atoms with van der Waals surface area (Å²) in [6, 6.07) is 2.25.